The van der Waals surface area contributed by atoms with Crippen molar-refractivity contribution in [1.29, 1.82) is 0 Å². The summed E-state index contributed by atoms with van der Waals surface area (Å²) >= 11 is 0. The second kappa shape index (κ2) is 9.74. The van der Waals surface area contributed by atoms with Crippen LogP contribution in [0.15, 0.2) is 0 Å². The van der Waals surface area contributed by atoms with Gasteiger partial charge in [0, 0.05) is 0 Å². The summed E-state index contributed by atoms with van der Waals surface area (Å²) < 4.78 is 27.8. The molecular formula is C2H12Ca2O8P2. The molecule has 0 aliphatic carbocycles. The molecule has 0 spiro atoms. The number of aliphatic hydroxyl groups is 1. The number of phosphoric acid groups is 2. The van der Waals surface area contributed by atoms with E-state index in [4.69, 9.17) is 19.8 Å². The number of rotatable bonds is 5. The summed E-state index contributed by atoms with van der Waals surface area (Å²) in [5.41, 5.74) is 0. The van der Waals surface area contributed by atoms with E-state index in [1.807, 2.05) is 0 Å². The fourth-order valence-electron chi connectivity index (χ4n) is 0.314. The zero-order chi connectivity index (χ0) is 9.83. The molecule has 82 valence electrons. The van der Waals surface area contributed by atoms with Crippen molar-refractivity contribution in [3.8, 4) is 0 Å². The van der Waals surface area contributed by atoms with Crippen LogP contribution >= 0.6 is 15.6 Å². The second-order valence-corrected chi connectivity index (χ2v) is 4.43. The summed E-state index contributed by atoms with van der Waals surface area (Å²) in [6.07, 6.45) is 0. The molecule has 14 heavy (non-hydrogen) atoms. The number of hydrogen-bond acceptors (Lipinski definition) is 5. The smallest absolute Gasteiger partial charge is 1.00 e. The third kappa shape index (κ3) is 14.7. The van der Waals surface area contributed by atoms with Crippen molar-refractivity contribution in [2.45, 2.75) is 0 Å². The van der Waals surface area contributed by atoms with Crippen molar-refractivity contribution in [3.05, 3.63) is 0 Å². The zero-order valence-electron chi connectivity index (χ0n) is 11.1. The Balaban J connectivity index is -0.0000000403. The van der Waals surface area contributed by atoms with Crippen LogP contribution in [0.4, 0.5) is 0 Å². The van der Waals surface area contributed by atoms with Crippen LogP contribution in [0.5, 0.6) is 0 Å². The minimum atomic E-state index is -5.05. The number of hydrogen-bond donors (Lipinski definition) is 4. The first-order valence-electron chi connectivity index (χ1n) is 2.62. The van der Waals surface area contributed by atoms with Gasteiger partial charge in [0.25, 0.3) is 0 Å². The largest absolute Gasteiger partial charge is 2.00 e. The third-order valence-electron chi connectivity index (χ3n) is 0.555. The van der Waals surface area contributed by atoms with Gasteiger partial charge in [-0.15, -0.1) is 0 Å². The Bertz CT molecular complexity index is 239. The van der Waals surface area contributed by atoms with Crippen molar-refractivity contribution in [2.24, 2.45) is 0 Å². The predicted octanol–water partition coefficient (Wildman–Crippen LogP) is -1.11. The van der Waals surface area contributed by atoms with E-state index in [1.54, 1.807) is 0 Å². The van der Waals surface area contributed by atoms with Gasteiger partial charge in [0.15, 0.2) is 0 Å². The van der Waals surface area contributed by atoms with Crippen LogP contribution in [0.2, 0.25) is 0 Å². The standard InChI is InChI=1S/C2H8O8P2.2Ca.4H/c3-1-2-9-12(7,8)10-11(4,5)6;;;;;;/h3H,1-2H2,(H,7,8)(H2,4,5,6);;;;;;/q;2*+2;4*-1. The predicted molar refractivity (Wildman–Crippen MR) is 51.9 cm³/mol. The van der Waals surface area contributed by atoms with Gasteiger partial charge >= 0.3 is 91.1 Å². The van der Waals surface area contributed by atoms with Crippen LogP contribution in [0.1, 0.15) is 5.71 Å². The zero-order valence-corrected chi connectivity index (χ0v) is 13.4. The quantitative estimate of drug-likeness (QED) is 0.371. The second-order valence-electron chi connectivity index (χ2n) is 1.60. The van der Waals surface area contributed by atoms with Gasteiger partial charge in [-0.05, 0) is 0 Å². The molecule has 0 saturated carbocycles. The average Bonchev–Trinajstić information content (AvgIpc) is 1.78. The van der Waals surface area contributed by atoms with Gasteiger partial charge in [-0.3, -0.25) is 4.52 Å². The monoisotopic (exact) mass is 306 g/mol. The maximum Gasteiger partial charge on any atom is 2.00 e. The van der Waals surface area contributed by atoms with E-state index in [1.165, 1.54) is 0 Å². The Kier molecular flexibility index (Phi) is 15.3. The molecule has 0 aliphatic heterocycles. The molecule has 0 aromatic heterocycles. The van der Waals surface area contributed by atoms with E-state index in [0.29, 0.717) is 0 Å². The van der Waals surface area contributed by atoms with Crippen LogP contribution in [0, 0.1) is 0 Å². The summed E-state index contributed by atoms with van der Waals surface area (Å²) in [6.45, 7) is -1.11. The molecule has 0 amide bonds. The molecule has 4 N–H and O–H groups in total. The molecule has 1 atom stereocenters. The fourth-order valence-corrected chi connectivity index (χ4v) is 1.89. The van der Waals surface area contributed by atoms with Crippen LogP contribution in [0.25, 0.3) is 0 Å². The molecule has 8 nitrogen and oxygen atoms in total. The van der Waals surface area contributed by atoms with Gasteiger partial charge in [-0.25, -0.2) is 9.13 Å². The number of aliphatic hydroxyl groups excluding tert-OH is 1. The van der Waals surface area contributed by atoms with Crippen molar-refractivity contribution < 1.29 is 43.5 Å². The van der Waals surface area contributed by atoms with E-state index in [2.05, 4.69) is 8.83 Å². The van der Waals surface area contributed by atoms with Crippen molar-refractivity contribution in [2.75, 3.05) is 13.2 Å². The summed E-state index contributed by atoms with van der Waals surface area (Å²) in [5.74, 6) is 0. The first-order chi connectivity index (χ1) is 5.27. The molecule has 0 heterocycles. The van der Waals surface area contributed by atoms with Crippen LogP contribution in [-0.2, 0) is 18.0 Å². The summed E-state index contributed by atoms with van der Waals surface area (Å²) in [5, 5.41) is 8.12. The topological polar surface area (TPSA) is 134 Å². The van der Waals surface area contributed by atoms with E-state index in [0.717, 1.165) is 0 Å². The Labute approximate surface area is 146 Å². The van der Waals surface area contributed by atoms with Gasteiger partial charge < -0.3 is 25.5 Å². The fraction of sp³-hybridized carbons (Fsp3) is 1.00. The molecule has 0 fully saturated rings. The Morgan fingerprint density at radius 2 is 1.57 bits per heavy atom. The van der Waals surface area contributed by atoms with Gasteiger partial charge in [-0.1, -0.05) is 0 Å². The van der Waals surface area contributed by atoms with Gasteiger partial charge in [0.05, 0.1) is 13.2 Å². The van der Waals surface area contributed by atoms with E-state index >= 15 is 0 Å². The van der Waals surface area contributed by atoms with Crippen LogP contribution < -0.4 is 0 Å². The first-order valence-corrected chi connectivity index (χ1v) is 5.64. The van der Waals surface area contributed by atoms with Crippen molar-refractivity contribution >= 4 is 91.1 Å². The Hall–Kier alpha value is 2.74. The summed E-state index contributed by atoms with van der Waals surface area (Å²) in [7, 11) is -9.80. The van der Waals surface area contributed by atoms with E-state index in [-0.39, 0.29) is 81.2 Å². The average molecular weight is 306 g/mol. The van der Waals surface area contributed by atoms with Gasteiger partial charge in [0.2, 0.25) is 0 Å². The molecule has 0 aromatic rings. The molecule has 0 rings (SSSR count). The summed E-state index contributed by atoms with van der Waals surface area (Å²) in [6, 6.07) is 0. The normalized spacial score (nSPS) is 14.9. The van der Waals surface area contributed by atoms with Crippen LogP contribution in [-0.4, -0.2) is 108 Å². The van der Waals surface area contributed by atoms with Crippen molar-refractivity contribution in [1.82, 2.24) is 0 Å². The molecule has 0 radical (unpaired) electrons. The van der Waals surface area contributed by atoms with Crippen LogP contribution in [0.3, 0.4) is 0 Å². The Morgan fingerprint density at radius 3 is 1.86 bits per heavy atom. The third-order valence-corrected chi connectivity index (χ3v) is 2.74. The molecule has 0 saturated heterocycles. The van der Waals surface area contributed by atoms with E-state index in [9.17, 15) is 9.13 Å². The molecule has 1 unspecified atom stereocenters. The number of phosphoric ester groups is 1. The maximum atomic E-state index is 10.5. The minimum Gasteiger partial charge on any atom is -1.00 e. The van der Waals surface area contributed by atoms with E-state index < -0.39 is 28.9 Å². The summed E-state index contributed by atoms with van der Waals surface area (Å²) in [4.78, 5) is 24.6. The molecule has 0 bridgehead atoms. The maximum absolute atomic E-state index is 10.5. The molecule has 0 aliphatic rings. The minimum absolute atomic E-state index is 0. The Morgan fingerprint density at radius 1 is 1.14 bits per heavy atom. The van der Waals surface area contributed by atoms with Gasteiger partial charge in [0.1, 0.15) is 0 Å². The molecule has 12 heteroatoms. The molecule has 0 aromatic carbocycles. The molecular weight excluding hydrogens is 294 g/mol. The van der Waals surface area contributed by atoms with Gasteiger partial charge in [-0.2, -0.15) is 4.31 Å². The SMILES string of the molecule is O=P(O)(O)OP(=O)(O)OCCO.[Ca+2].[Ca+2].[H-].[H-].[H-].[H-]. The first kappa shape index (κ1) is 22.0. The van der Waals surface area contributed by atoms with Crippen molar-refractivity contribution in [3.63, 3.8) is 0 Å².